The van der Waals surface area contributed by atoms with Crippen molar-refractivity contribution in [1.29, 1.82) is 0 Å². The summed E-state index contributed by atoms with van der Waals surface area (Å²) in [4.78, 5) is 22.3. The Bertz CT molecular complexity index is 364. The van der Waals surface area contributed by atoms with Crippen LogP contribution in [0.3, 0.4) is 0 Å². The molecule has 1 aliphatic heterocycles. The number of ether oxygens (including phenoxy) is 1. The smallest absolute Gasteiger partial charge is 0.317 e. The van der Waals surface area contributed by atoms with E-state index >= 15 is 0 Å². The van der Waals surface area contributed by atoms with E-state index in [2.05, 4.69) is 18.6 Å². The zero-order valence-corrected chi connectivity index (χ0v) is 16.7. The highest BCUT2D eigenvalue weighted by Gasteiger charge is 2.32. The van der Waals surface area contributed by atoms with Crippen molar-refractivity contribution in [2.45, 2.75) is 117 Å². The van der Waals surface area contributed by atoms with Crippen molar-refractivity contribution in [3.05, 3.63) is 0 Å². The first-order chi connectivity index (χ1) is 12.2. The maximum absolute atomic E-state index is 11.3. The first-order valence-corrected chi connectivity index (χ1v) is 10.9. The molecular formula is C22H40O3. The molecule has 1 aliphatic rings. The van der Waals surface area contributed by atoms with Gasteiger partial charge in [-0.2, -0.15) is 0 Å². The molecule has 0 aromatic rings. The number of carbonyl (C=O) groups excluding carboxylic acids is 2. The highest BCUT2D eigenvalue weighted by Crippen LogP contribution is 2.23. The second-order valence-corrected chi connectivity index (χ2v) is 7.87. The van der Waals surface area contributed by atoms with Crippen LogP contribution >= 0.6 is 0 Å². The number of unbranched alkanes of at least 4 members (excludes halogenated alkanes) is 9. The minimum absolute atomic E-state index is 0.155. The van der Waals surface area contributed by atoms with Gasteiger partial charge in [0.25, 0.3) is 0 Å². The van der Waals surface area contributed by atoms with Crippen LogP contribution in [0.15, 0.2) is 0 Å². The lowest BCUT2D eigenvalue weighted by molar-refractivity contribution is -0.153. The molecule has 3 heteroatoms. The third-order valence-electron chi connectivity index (χ3n) is 5.65. The quantitative estimate of drug-likeness (QED) is 0.179. The van der Waals surface area contributed by atoms with E-state index < -0.39 is 0 Å². The fourth-order valence-electron chi connectivity index (χ4n) is 3.94. The Morgan fingerprint density at radius 1 is 0.840 bits per heavy atom. The van der Waals surface area contributed by atoms with Crippen LogP contribution < -0.4 is 0 Å². The van der Waals surface area contributed by atoms with Crippen LogP contribution in [0.1, 0.15) is 117 Å². The number of hydrogen-bond donors (Lipinski definition) is 0. The van der Waals surface area contributed by atoms with Gasteiger partial charge in [-0.1, -0.05) is 104 Å². The highest BCUT2D eigenvalue weighted by molar-refractivity contribution is 5.94. The van der Waals surface area contributed by atoms with Crippen molar-refractivity contribution in [1.82, 2.24) is 0 Å². The summed E-state index contributed by atoms with van der Waals surface area (Å²) in [5, 5.41) is 0. The Kier molecular flexibility index (Phi) is 12.7. The number of rotatable bonds is 16. The van der Waals surface area contributed by atoms with Gasteiger partial charge in [-0.25, -0.2) is 0 Å². The molecule has 0 amide bonds. The van der Waals surface area contributed by atoms with E-state index in [1.807, 2.05) is 0 Å². The maximum atomic E-state index is 11.3. The van der Waals surface area contributed by atoms with Gasteiger partial charge in [0, 0.05) is 0 Å². The topological polar surface area (TPSA) is 43.4 Å². The highest BCUT2D eigenvalue weighted by atomic mass is 16.6. The molecule has 0 aliphatic carbocycles. The van der Waals surface area contributed by atoms with Gasteiger partial charge in [0.05, 0.1) is 12.3 Å². The van der Waals surface area contributed by atoms with Crippen LogP contribution in [0.25, 0.3) is 0 Å². The van der Waals surface area contributed by atoms with E-state index in [4.69, 9.17) is 0 Å². The molecule has 0 aromatic heterocycles. The van der Waals surface area contributed by atoms with E-state index in [-0.39, 0.29) is 17.9 Å². The van der Waals surface area contributed by atoms with E-state index in [0.717, 1.165) is 18.8 Å². The van der Waals surface area contributed by atoms with Gasteiger partial charge in [0.1, 0.15) is 0 Å². The Morgan fingerprint density at radius 3 is 1.88 bits per heavy atom. The van der Waals surface area contributed by atoms with Crippen LogP contribution in [0.4, 0.5) is 0 Å². The van der Waals surface area contributed by atoms with Crippen molar-refractivity contribution in [2.75, 3.05) is 0 Å². The molecule has 1 saturated heterocycles. The summed E-state index contributed by atoms with van der Waals surface area (Å²) < 4.78 is 4.58. The summed E-state index contributed by atoms with van der Waals surface area (Å²) in [7, 11) is 0. The first-order valence-electron chi connectivity index (χ1n) is 10.9. The molecule has 1 rings (SSSR count). The molecule has 0 saturated carbocycles. The lowest BCUT2D eigenvalue weighted by Gasteiger charge is -2.13. The monoisotopic (exact) mass is 352 g/mol. The SMILES string of the molecule is CCCC(CC)CCCCCCCCCCCCC1CC(=O)OC1=O. The van der Waals surface area contributed by atoms with Gasteiger partial charge in [0.2, 0.25) is 0 Å². The molecule has 0 radical (unpaired) electrons. The average Bonchev–Trinajstić information content (AvgIpc) is 2.92. The van der Waals surface area contributed by atoms with Crippen LogP contribution in [0.5, 0.6) is 0 Å². The predicted molar refractivity (Wildman–Crippen MR) is 103 cm³/mol. The maximum Gasteiger partial charge on any atom is 0.317 e. The number of esters is 2. The molecule has 0 aromatic carbocycles. The molecule has 0 bridgehead atoms. The Labute approximate surface area is 155 Å². The average molecular weight is 353 g/mol. The summed E-state index contributed by atoms with van der Waals surface area (Å²) in [6.45, 7) is 4.63. The molecule has 0 N–H and O–H groups in total. The molecule has 2 atom stereocenters. The normalized spacial score (nSPS) is 18.6. The second kappa shape index (κ2) is 14.3. The molecule has 1 heterocycles. The number of cyclic esters (lactones) is 2. The second-order valence-electron chi connectivity index (χ2n) is 7.87. The summed E-state index contributed by atoms with van der Waals surface area (Å²) in [6, 6.07) is 0. The first kappa shape index (κ1) is 22.2. The molecule has 0 spiro atoms. The fourth-order valence-corrected chi connectivity index (χ4v) is 3.94. The Morgan fingerprint density at radius 2 is 1.40 bits per heavy atom. The number of hydrogen-bond acceptors (Lipinski definition) is 3. The lowest BCUT2D eigenvalue weighted by atomic mass is 9.94. The van der Waals surface area contributed by atoms with Gasteiger partial charge in [-0.15, -0.1) is 0 Å². The van der Waals surface area contributed by atoms with Crippen LogP contribution in [0.2, 0.25) is 0 Å². The van der Waals surface area contributed by atoms with Crippen molar-refractivity contribution >= 4 is 11.9 Å². The fraction of sp³-hybridized carbons (Fsp3) is 0.909. The van der Waals surface area contributed by atoms with Crippen molar-refractivity contribution in [3.8, 4) is 0 Å². The molecule has 1 fully saturated rings. The molecule has 146 valence electrons. The lowest BCUT2D eigenvalue weighted by Crippen LogP contribution is -2.06. The van der Waals surface area contributed by atoms with Crippen LogP contribution in [0, 0.1) is 11.8 Å². The largest absolute Gasteiger partial charge is 0.393 e. The zero-order chi connectivity index (χ0) is 18.3. The van der Waals surface area contributed by atoms with E-state index in [9.17, 15) is 9.59 Å². The molecular weight excluding hydrogens is 312 g/mol. The van der Waals surface area contributed by atoms with E-state index in [1.165, 1.54) is 83.5 Å². The van der Waals surface area contributed by atoms with Crippen LogP contribution in [-0.2, 0) is 14.3 Å². The van der Waals surface area contributed by atoms with Gasteiger partial charge < -0.3 is 4.74 Å². The van der Waals surface area contributed by atoms with E-state index in [0.29, 0.717) is 6.42 Å². The summed E-state index contributed by atoms with van der Waals surface area (Å²) in [5.74, 6) is 0.168. The van der Waals surface area contributed by atoms with Crippen molar-refractivity contribution in [3.63, 3.8) is 0 Å². The van der Waals surface area contributed by atoms with Crippen LogP contribution in [-0.4, -0.2) is 11.9 Å². The van der Waals surface area contributed by atoms with Gasteiger partial charge in [0.15, 0.2) is 0 Å². The zero-order valence-electron chi connectivity index (χ0n) is 16.7. The minimum Gasteiger partial charge on any atom is -0.393 e. The number of carbonyl (C=O) groups is 2. The van der Waals surface area contributed by atoms with E-state index in [1.54, 1.807) is 0 Å². The predicted octanol–water partition coefficient (Wildman–Crippen LogP) is 6.58. The standard InChI is InChI=1S/C22H40O3/c1-3-15-19(4-2)16-13-11-9-7-5-6-8-10-12-14-17-20-18-21(23)25-22(20)24/h19-20H,3-18H2,1-2H3. The van der Waals surface area contributed by atoms with Gasteiger partial charge in [-0.05, 0) is 12.3 Å². The molecule has 2 unspecified atom stereocenters. The third-order valence-corrected chi connectivity index (χ3v) is 5.65. The van der Waals surface area contributed by atoms with Gasteiger partial charge >= 0.3 is 11.9 Å². The minimum atomic E-state index is -0.342. The Balaban J connectivity index is 1.80. The van der Waals surface area contributed by atoms with Crippen molar-refractivity contribution in [2.24, 2.45) is 11.8 Å². The molecule has 3 nitrogen and oxygen atoms in total. The summed E-state index contributed by atoms with van der Waals surface area (Å²) in [6.07, 6.45) is 19.8. The van der Waals surface area contributed by atoms with Gasteiger partial charge in [-0.3, -0.25) is 9.59 Å². The Hall–Kier alpha value is -0.860. The molecule has 25 heavy (non-hydrogen) atoms. The summed E-state index contributed by atoms with van der Waals surface area (Å²) >= 11 is 0. The summed E-state index contributed by atoms with van der Waals surface area (Å²) in [5.41, 5.74) is 0. The van der Waals surface area contributed by atoms with Crippen molar-refractivity contribution < 1.29 is 14.3 Å². The third kappa shape index (κ3) is 10.7.